The molecule has 92 valence electrons. The smallest absolute Gasteiger partial charge is 0.223 e. The molecule has 1 heterocycles. The molecule has 1 aliphatic heterocycles. The Morgan fingerprint density at radius 1 is 1.41 bits per heavy atom. The summed E-state index contributed by atoms with van der Waals surface area (Å²) in [5, 5.41) is 3.00. The summed E-state index contributed by atoms with van der Waals surface area (Å²) in [7, 11) is 0. The number of nitrogen functional groups attached to an aromatic ring is 1. The summed E-state index contributed by atoms with van der Waals surface area (Å²) in [4.78, 5) is 11.7. The average Bonchev–Trinajstić information content (AvgIpc) is 2.85. The van der Waals surface area contributed by atoms with E-state index in [1.807, 2.05) is 36.0 Å². The van der Waals surface area contributed by atoms with Crippen LogP contribution in [0.5, 0.6) is 0 Å². The molecule has 0 bridgehead atoms. The number of thioether (sulfide) groups is 1. The Bertz CT molecular complexity index is 372. The molecule has 1 saturated heterocycles. The molecule has 1 fully saturated rings. The highest BCUT2D eigenvalue weighted by atomic mass is 32.2. The first-order valence-corrected chi connectivity index (χ1v) is 7.11. The van der Waals surface area contributed by atoms with E-state index in [-0.39, 0.29) is 11.8 Å². The molecule has 0 radical (unpaired) electrons. The van der Waals surface area contributed by atoms with Crippen LogP contribution in [0.3, 0.4) is 0 Å². The Balaban J connectivity index is 1.72. The predicted molar refractivity (Wildman–Crippen MR) is 73.0 cm³/mol. The Labute approximate surface area is 106 Å². The maximum absolute atomic E-state index is 11.7. The molecule has 2 rings (SSSR count). The fraction of sp³-hybridized carbons (Fsp3) is 0.462. The van der Waals surface area contributed by atoms with Gasteiger partial charge in [0, 0.05) is 23.9 Å². The first kappa shape index (κ1) is 12.3. The quantitative estimate of drug-likeness (QED) is 0.799. The summed E-state index contributed by atoms with van der Waals surface area (Å²) < 4.78 is 0. The van der Waals surface area contributed by atoms with E-state index in [0.717, 1.165) is 30.0 Å². The molecule has 1 aromatic rings. The number of nitrogens with two attached hydrogens (primary N) is 1. The molecule has 0 aromatic heterocycles. The second-order valence-electron chi connectivity index (χ2n) is 4.34. The largest absolute Gasteiger partial charge is 0.399 e. The summed E-state index contributed by atoms with van der Waals surface area (Å²) in [5.74, 6) is 2.54. The lowest BCUT2D eigenvalue weighted by atomic mass is 10.1. The maximum atomic E-state index is 11.7. The topological polar surface area (TPSA) is 55.1 Å². The van der Waals surface area contributed by atoms with Crippen molar-refractivity contribution in [3.05, 3.63) is 29.8 Å². The fourth-order valence-electron chi connectivity index (χ4n) is 1.90. The Morgan fingerprint density at radius 2 is 2.18 bits per heavy atom. The van der Waals surface area contributed by atoms with Crippen LogP contribution in [0.25, 0.3) is 0 Å². The van der Waals surface area contributed by atoms with Crippen LogP contribution < -0.4 is 11.1 Å². The molecule has 4 heteroatoms. The minimum Gasteiger partial charge on any atom is -0.399 e. The van der Waals surface area contributed by atoms with Crippen LogP contribution in [0.15, 0.2) is 24.3 Å². The van der Waals surface area contributed by atoms with Gasteiger partial charge in [-0.3, -0.25) is 4.79 Å². The fourth-order valence-corrected chi connectivity index (χ4v) is 3.12. The summed E-state index contributed by atoms with van der Waals surface area (Å²) in [5.41, 5.74) is 7.60. The number of benzene rings is 1. The van der Waals surface area contributed by atoms with Crippen molar-refractivity contribution in [3.63, 3.8) is 0 Å². The zero-order valence-corrected chi connectivity index (χ0v) is 10.6. The highest BCUT2D eigenvalue weighted by Gasteiger charge is 2.22. The van der Waals surface area contributed by atoms with Crippen LogP contribution in [-0.2, 0) is 11.2 Å². The maximum Gasteiger partial charge on any atom is 0.223 e. The van der Waals surface area contributed by atoms with Crippen molar-refractivity contribution in [2.24, 2.45) is 5.92 Å². The average molecular weight is 250 g/mol. The van der Waals surface area contributed by atoms with E-state index in [0.29, 0.717) is 6.54 Å². The van der Waals surface area contributed by atoms with E-state index in [4.69, 9.17) is 5.73 Å². The lowest BCUT2D eigenvalue weighted by Gasteiger charge is -2.09. The predicted octanol–water partition coefficient (Wildman–Crippen LogP) is 1.68. The van der Waals surface area contributed by atoms with Crippen LogP contribution in [0.2, 0.25) is 0 Å². The van der Waals surface area contributed by atoms with Crippen LogP contribution in [0, 0.1) is 5.92 Å². The summed E-state index contributed by atoms with van der Waals surface area (Å²) in [6.45, 7) is 0.712. The highest BCUT2D eigenvalue weighted by Crippen LogP contribution is 2.23. The van der Waals surface area contributed by atoms with Gasteiger partial charge in [0.05, 0.1) is 0 Å². The number of rotatable bonds is 4. The number of hydrogen-bond acceptors (Lipinski definition) is 3. The summed E-state index contributed by atoms with van der Waals surface area (Å²) >= 11 is 1.87. The number of carbonyl (C=O) groups excluding carboxylic acids is 1. The van der Waals surface area contributed by atoms with E-state index in [9.17, 15) is 4.79 Å². The molecular formula is C13H18N2OS. The zero-order valence-electron chi connectivity index (χ0n) is 9.82. The van der Waals surface area contributed by atoms with Crippen molar-refractivity contribution in [1.29, 1.82) is 0 Å². The Kier molecular flexibility index (Phi) is 4.31. The van der Waals surface area contributed by atoms with Crippen molar-refractivity contribution < 1.29 is 4.79 Å². The van der Waals surface area contributed by atoms with Gasteiger partial charge in [-0.05, 0) is 36.3 Å². The number of nitrogens with one attached hydrogen (secondary N) is 1. The van der Waals surface area contributed by atoms with E-state index in [2.05, 4.69) is 5.32 Å². The molecule has 1 amide bonds. The van der Waals surface area contributed by atoms with E-state index < -0.39 is 0 Å². The number of hydrogen-bond donors (Lipinski definition) is 2. The first-order valence-electron chi connectivity index (χ1n) is 5.95. The number of carbonyl (C=O) groups is 1. The molecule has 0 saturated carbocycles. The summed E-state index contributed by atoms with van der Waals surface area (Å²) in [6, 6.07) is 7.80. The van der Waals surface area contributed by atoms with Gasteiger partial charge in [-0.1, -0.05) is 12.1 Å². The summed E-state index contributed by atoms with van der Waals surface area (Å²) in [6.07, 6.45) is 1.89. The first-order chi connectivity index (χ1) is 8.25. The number of amides is 1. The molecular weight excluding hydrogens is 232 g/mol. The van der Waals surface area contributed by atoms with E-state index in [1.54, 1.807) is 0 Å². The highest BCUT2D eigenvalue weighted by molar-refractivity contribution is 7.99. The Hall–Kier alpha value is -1.16. The molecule has 0 spiro atoms. The molecule has 1 atom stereocenters. The minimum absolute atomic E-state index is 0.213. The lowest BCUT2D eigenvalue weighted by molar-refractivity contribution is -0.124. The third-order valence-corrected chi connectivity index (χ3v) is 4.16. The third kappa shape index (κ3) is 3.66. The SMILES string of the molecule is Nc1ccc(CCNC(=O)C2CCSC2)cc1. The normalized spacial score (nSPS) is 19.2. The Morgan fingerprint density at radius 3 is 2.82 bits per heavy atom. The van der Waals surface area contributed by atoms with Crippen molar-refractivity contribution in [2.45, 2.75) is 12.8 Å². The number of anilines is 1. The molecule has 1 aromatic carbocycles. The van der Waals surface area contributed by atoms with Gasteiger partial charge in [-0.25, -0.2) is 0 Å². The zero-order chi connectivity index (χ0) is 12.1. The molecule has 3 N–H and O–H groups in total. The van der Waals surface area contributed by atoms with Crippen LogP contribution >= 0.6 is 11.8 Å². The van der Waals surface area contributed by atoms with Gasteiger partial charge in [0.2, 0.25) is 5.91 Å². The van der Waals surface area contributed by atoms with E-state index >= 15 is 0 Å². The standard InChI is InChI=1S/C13H18N2OS/c14-12-3-1-10(2-4-12)5-7-15-13(16)11-6-8-17-9-11/h1-4,11H,5-9,14H2,(H,15,16). The van der Waals surface area contributed by atoms with Gasteiger partial charge in [-0.15, -0.1) is 0 Å². The van der Waals surface area contributed by atoms with Crippen molar-refractivity contribution in [2.75, 3.05) is 23.8 Å². The van der Waals surface area contributed by atoms with Gasteiger partial charge in [-0.2, -0.15) is 11.8 Å². The van der Waals surface area contributed by atoms with Crippen molar-refractivity contribution in [3.8, 4) is 0 Å². The van der Waals surface area contributed by atoms with Crippen molar-refractivity contribution in [1.82, 2.24) is 5.32 Å². The van der Waals surface area contributed by atoms with Crippen molar-refractivity contribution >= 4 is 23.4 Å². The molecule has 3 nitrogen and oxygen atoms in total. The molecule has 17 heavy (non-hydrogen) atoms. The monoisotopic (exact) mass is 250 g/mol. The van der Waals surface area contributed by atoms with Gasteiger partial charge < -0.3 is 11.1 Å². The van der Waals surface area contributed by atoms with Gasteiger partial charge in [0.15, 0.2) is 0 Å². The van der Waals surface area contributed by atoms with Crippen LogP contribution in [-0.4, -0.2) is 24.0 Å². The van der Waals surface area contributed by atoms with Crippen LogP contribution in [0.4, 0.5) is 5.69 Å². The molecule has 1 unspecified atom stereocenters. The molecule has 0 aliphatic carbocycles. The van der Waals surface area contributed by atoms with Gasteiger partial charge in [0.25, 0.3) is 0 Å². The van der Waals surface area contributed by atoms with Crippen LogP contribution in [0.1, 0.15) is 12.0 Å². The van der Waals surface area contributed by atoms with Gasteiger partial charge >= 0.3 is 0 Å². The minimum atomic E-state index is 0.213. The molecule has 1 aliphatic rings. The van der Waals surface area contributed by atoms with Gasteiger partial charge in [0.1, 0.15) is 0 Å². The second-order valence-corrected chi connectivity index (χ2v) is 5.49. The second kappa shape index (κ2) is 5.96. The lowest BCUT2D eigenvalue weighted by Crippen LogP contribution is -2.32. The third-order valence-electron chi connectivity index (χ3n) is 2.99. The van der Waals surface area contributed by atoms with E-state index in [1.165, 1.54) is 5.56 Å².